The maximum atomic E-state index is 6.80. The van der Waals surface area contributed by atoms with Crippen molar-refractivity contribution in [1.82, 2.24) is 0 Å². The van der Waals surface area contributed by atoms with Gasteiger partial charge in [0.1, 0.15) is 11.2 Å². The molecule has 0 saturated heterocycles. The van der Waals surface area contributed by atoms with Crippen molar-refractivity contribution >= 4 is 101 Å². The molecule has 1 saturated carbocycles. The van der Waals surface area contributed by atoms with Crippen LogP contribution in [-0.2, 0) is 21.7 Å². The van der Waals surface area contributed by atoms with Crippen molar-refractivity contribution in [2.24, 2.45) is 0 Å². The van der Waals surface area contributed by atoms with Crippen molar-refractivity contribution < 1.29 is 4.42 Å². The standard InChI is InChI=1S/C80H78BN3OS/c1-76(2,3)53-36-40-56(41-37-53)82-67-43-38-54(77(4,5)6)48-64(67)81-65-49-55(78(7,8)9)39-44-68(65)83(69-33-25-35-73-74(69)62-32-21-22-34-72(62)85-73)71-51-57(50-70(82)75(71)81)84-66-45-42-61(52-63(66)79(10)46-23-24-47-80(79,84)11)86(58-26-15-12-16-27-58,59-28-17-13-18-29-59)60-30-19-14-20-31-60/h12-22,25-45,48-52H,23-24,46-47H2,1-11H3. The fourth-order valence-electron chi connectivity index (χ4n) is 15.6. The molecule has 6 heteroatoms. The third-order valence-corrected chi connectivity index (χ3v) is 24.3. The summed E-state index contributed by atoms with van der Waals surface area (Å²) >= 11 is 0. The Labute approximate surface area is 511 Å². The van der Waals surface area contributed by atoms with Crippen LogP contribution in [0.3, 0.4) is 0 Å². The first-order valence-electron chi connectivity index (χ1n) is 31.3. The van der Waals surface area contributed by atoms with Gasteiger partial charge in [-0.25, -0.2) is 0 Å². The summed E-state index contributed by atoms with van der Waals surface area (Å²) in [7, 11) is -1.96. The number of para-hydroxylation sites is 1. The lowest BCUT2D eigenvalue weighted by Gasteiger charge is -2.51. The van der Waals surface area contributed by atoms with Crippen LogP contribution < -0.4 is 31.1 Å². The zero-order valence-corrected chi connectivity index (χ0v) is 52.7. The van der Waals surface area contributed by atoms with Gasteiger partial charge in [-0.15, -0.1) is 10.0 Å². The van der Waals surface area contributed by atoms with Crippen molar-refractivity contribution in [2.75, 3.05) is 14.7 Å². The molecular weight excluding hydrogens is 1060 g/mol. The Hall–Kier alpha value is -8.19. The molecule has 15 rings (SSSR count). The molecule has 1 aromatic heterocycles. The number of anilines is 8. The van der Waals surface area contributed by atoms with Gasteiger partial charge in [0.15, 0.2) is 0 Å². The van der Waals surface area contributed by atoms with Crippen LogP contribution >= 0.6 is 10.0 Å². The van der Waals surface area contributed by atoms with E-state index in [9.17, 15) is 0 Å². The molecule has 0 bridgehead atoms. The molecule has 11 aromatic rings. The van der Waals surface area contributed by atoms with E-state index in [0.29, 0.717) is 0 Å². The molecule has 428 valence electrons. The van der Waals surface area contributed by atoms with E-state index in [2.05, 4.69) is 315 Å². The second-order valence-electron chi connectivity index (χ2n) is 28.5. The first-order valence-corrected chi connectivity index (χ1v) is 32.9. The van der Waals surface area contributed by atoms with Crippen molar-refractivity contribution in [3.8, 4) is 0 Å². The van der Waals surface area contributed by atoms with E-state index in [1.165, 1.54) is 98.8 Å². The van der Waals surface area contributed by atoms with Gasteiger partial charge in [0, 0.05) is 70.2 Å². The monoisotopic (exact) mass is 1140 g/mol. The molecule has 86 heavy (non-hydrogen) atoms. The lowest BCUT2D eigenvalue weighted by Crippen LogP contribution is -2.62. The molecular formula is C80H78BN3OS. The van der Waals surface area contributed by atoms with Crippen LogP contribution in [0.5, 0.6) is 0 Å². The predicted octanol–water partition coefficient (Wildman–Crippen LogP) is 20.6. The zero-order valence-electron chi connectivity index (χ0n) is 51.9. The zero-order chi connectivity index (χ0) is 59.3. The van der Waals surface area contributed by atoms with E-state index >= 15 is 0 Å². The Bertz CT molecular complexity index is 4380. The van der Waals surface area contributed by atoms with Gasteiger partial charge in [0.2, 0.25) is 0 Å². The van der Waals surface area contributed by atoms with Crippen LogP contribution in [0.4, 0.5) is 45.5 Å². The SMILES string of the molecule is CC(C)(C)c1ccc(N2c3ccc(C(C)(C)C)cc3B3c4cc(C(C)(C)C)ccc4N(c4cccc5oc6ccccc6c45)c4cc(N5c6ccc(S(c7ccccc7)(c7ccccc7)c7ccccc7)cc6C6(C)CCCCC56C)cc2c43)cc1. The molecule has 0 N–H and O–H groups in total. The molecule has 0 radical (unpaired) electrons. The fourth-order valence-corrected chi connectivity index (χ4v) is 19.5. The highest BCUT2D eigenvalue weighted by atomic mass is 32.3. The molecule has 10 aromatic carbocycles. The number of fused-ring (bicyclic) bond motifs is 10. The van der Waals surface area contributed by atoms with Gasteiger partial charge >= 0.3 is 0 Å². The van der Waals surface area contributed by atoms with E-state index in [4.69, 9.17) is 4.42 Å². The lowest BCUT2D eigenvalue weighted by molar-refractivity contribution is 0.195. The maximum absolute atomic E-state index is 6.80. The summed E-state index contributed by atoms with van der Waals surface area (Å²) in [5.74, 6) is 0. The van der Waals surface area contributed by atoms with Crippen LogP contribution in [0.25, 0.3) is 21.9 Å². The Morgan fingerprint density at radius 2 is 0.907 bits per heavy atom. The first kappa shape index (κ1) is 54.5. The Morgan fingerprint density at radius 3 is 1.49 bits per heavy atom. The van der Waals surface area contributed by atoms with Gasteiger partial charge in [-0.1, -0.05) is 197 Å². The predicted molar refractivity (Wildman–Crippen MR) is 367 cm³/mol. The highest BCUT2D eigenvalue weighted by Crippen LogP contribution is 2.75. The summed E-state index contributed by atoms with van der Waals surface area (Å²) in [5.41, 5.74) is 20.2. The summed E-state index contributed by atoms with van der Waals surface area (Å²) < 4.78 is 6.80. The van der Waals surface area contributed by atoms with E-state index in [1.54, 1.807) is 0 Å². The Kier molecular flexibility index (Phi) is 12.3. The van der Waals surface area contributed by atoms with Crippen LogP contribution in [0.2, 0.25) is 0 Å². The maximum Gasteiger partial charge on any atom is 0.252 e. The molecule has 3 aliphatic heterocycles. The highest BCUT2D eigenvalue weighted by Gasteiger charge is 2.59. The second-order valence-corrected chi connectivity index (χ2v) is 31.6. The average molecular weight is 1140 g/mol. The average Bonchev–Trinajstić information content (AvgIpc) is 1.27. The number of rotatable bonds is 7. The lowest BCUT2D eigenvalue weighted by atomic mass is 9.33. The first-order chi connectivity index (χ1) is 41.3. The smallest absolute Gasteiger partial charge is 0.252 e. The van der Waals surface area contributed by atoms with Crippen molar-refractivity contribution in [1.29, 1.82) is 0 Å². The molecule has 0 spiro atoms. The van der Waals surface area contributed by atoms with Crippen LogP contribution in [0.15, 0.2) is 248 Å². The van der Waals surface area contributed by atoms with Gasteiger partial charge < -0.3 is 19.1 Å². The number of nitrogens with zero attached hydrogens (tertiary/aromatic N) is 3. The molecule has 2 atom stereocenters. The fraction of sp³-hybridized carbons (Fsp3) is 0.250. The number of hydrogen-bond acceptors (Lipinski definition) is 4. The third-order valence-electron chi connectivity index (χ3n) is 20.4. The molecule has 1 aliphatic carbocycles. The van der Waals surface area contributed by atoms with Gasteiger partial charge in [-0.05, 0) is 184 Å². The molecule has 1 fully saturated rings. The van der Waals surface area contributed by atoms with Crippen molar-refractivity contribution in [3.05, 3.63) is 247 Å². The summed E-state index contributed by atoms with van der Waals surface area (Å²) in [6.07, 6.45) is 4.51. The quantitative estimate of drug-likeness (QED) is 0.148. The van der Waals surface area contributed by atoms with Gasteiger partial charge in [-0.2, -0.15) is 0 Å². The van der Waals surface area contributed by atoms with Gasteiger partial charge in [0.25, 0.3) is 6.71 Å². The Balaban J connectivity index is 1.06. The van der Waals surface area contributed by atoms with Crippen molar-refractivity contribution in [2.45, 2.75) is 149 Å². The van der Waals surface area contributed by atoms with E-state index < -0.39 is 10.0 Å². The van der Waals surface area contributed by atoms with E-state index in [1.807, 2.05) is 0 Å². The number of furan rings is 1. The minimum Gasteiger partial charge on any atom is -0.456 e. The topological polar surface area (TPSA) is 22.9 Å². The summed E-state index contributed by atoms with van der Waals surface area (Å²) in [5, 5.41) is 2.24. The Morgan fingerprint density at radius 1 is 0.407 bits per heavy atom. The molecule has 4 nitrogen and oxygen atoms in total. The minimum absolute atomic E-state index is 0.00703. The van der Waals surface area contributed by atoms with Gasteiger partial charge in [0.05, 0.1) is 16.6 Å². The van der Waals surface area contributed by atoms with E-state index in [-0.39, 0.29) is 33.9 Å². The van der Waals surface area contributed by atoms with Gasteiger partial charge in [-0.3, -0.25) is 0 Å². The van der Waals surface area contributed by atoms with Crippen LogP contribution in [0.1, 0.15) is 124 Å². The normalized spacial score (nSPS) is 18.4. The van der Waals surface area contributed by atoms with Crippen LogP contribution in [-0.4, -0.2) is 12.3 Å². The van der Waals surface area contributed by atoms with E-state index in [0.717, 1.165) is 52.6 Å². The summed E-state index contributed by atoms with van der Waals surface area (Å²) in [4.78, 5) is 13.5. The summed E-state index contributed by atoms with van der Waals surface area (Å²) in [6, 6.07) is 86.7. The second kappa shape index (κ2) is 19.4. The largest absolute Gasteiger partial charge is 0.456 e. The number of hydrogen-bond donors (Lipinski definition) is 0. The summed E-state index contributed by atoms with van der Waals surface area (Å²) in [6.45, 7) is 26.3. The molecule has 2 unspecified atom stereocenters. The minimum atomic E-state index is -1.96. The van der Waals surface area contributed by atoms with Crippen LogP contribution in [0, 0.1) is 0 Å². The highest BCUT2D eigenvalue weighted by molar-refractivity contribution is 8.34. The molecule has 4 aliphatic rings. The third kappa shape index (κ3) is 8.03. The molecule has 0 amide bonds. The number of benzene rings is 10. The van der Waals surface area contributed by atoms with Crippen molar-refractivity contribution in [3.63, 3.8) is 0 Å². The molecule has 4 heterocycles.